The SMILES string of the molecule is COC(=O)c1ccc(NC(=O)c2cccc(C(=O)NCc3ccccn3)c2)cc1. The molecule has 0 aliphatic heterocycles. The average molecular weight is 389 g/mol. The van der Waals surface area contributed by atoms with E-state index in [-0.39, 0.29) is 11.8 Å². The Morgan fingerprint density at radius 1 is 0.862 bits per heavy atom. The first-order valence-corrected chi connectivity index (χ1v) is 8.85. The van der Waals surface area contributed by atoms with Crippen molar-refractivity contribution in [2.75, 3.05) is 12.4 Å². The van der Waals surface area contributed by atoms with Gasteiger partial charge in [0.1, 0.15) is 0 Å². The lowest BCUT2D eigenvalue weighted by molar-refractivity contribution is 0.0600. The number of methoxy groups -OCH3 is 1. The number of pyridine rings is 1. The summed E-state index contributed by atoms with van der Waals surface area (Å²) >= 11 is 0. The van der Waals surface area contributed by atoms with E-state index in [4.69, 9.17) is 0 Å². The summed E-state index contributed by atoms with van der Waals surface area (Å²) in [5.74, 6) is -1.12. The van der Waals surface area contributed by atoms with E-state index in [1.807, 2.05) is 12.1 Å². The topological polar surface area (TPSA) is 97.4 Å². The maximum absolute atomic E-state index is 12.5. The first kappa shape index (κ1) is 19.8. The predicted octanol–water partition coefficient (Wildman–Crippen LogP) is 3.05. The van der Waals surface area contributed by atoms with Crippen LogP contribution in [0.3, 0.4) is 0 Å². The number of nitrogens with one attached hydrogen (secondary N) is 2. The van der Waals surface area contributed by atoms with Crippen LogP contribution in [0.5, 0.6) is 0 Å². The number of carbonyl (C=O) groups is 3. The van der Waals surface area contributed by atoms with Crippen molar-refractivity contribution in [2.45, 2.75) is 6.54 Å². The van der Waals surface area contributed by atoms with E-state index in [0.29, 0.717) is 28.9 Å². The number of nitrogens with zero attached hydrogens (tertiary/aromatic N) is 1. The molecule has 0 saturated heterocycles. The number of carbonyl (C=O) groups excluding carboxylic acids is 3. The van der Waals surface area contributed by atoms with Gasteiger partial charge in [-0.3, -0.25) is 14.6 Å². The average Bonchev–Trinajstić information content (AvgIpc) is 2.78. The van der Waals surface area contributed by atoms with Gasteiger partial charge in [-0.05, 0) is 54.6 Å². The fourth-order valence-corrected chi connectivity index (χ4v) is 2.59. The van der Waals surface area contributed by atoms with Crippen molar-refractivity contribution in [3.63, 3.8) is 0 Å². The highest BCUT2D eigenvalue weighted by Gasteiger charge is 2.12. The number of rotatable bonds is 6. The van der Waals surface area contributed by atoms with Gasteiger partial charge in [0.2, 0.25) is 0 Å². The molecule has 146 valence electrons. The highest BCUT2D eigenvalue weighted by molar-refractivity contribution is 6.06. The van der Waals surface area contributed by atoms with Crippen molar-refractivity contribution >= 4 is 23.5 Å². The van der Waals surface area contributed by atoms with E-state index in [2.05, 4.69) is 20.4 Å². The number of aromatic nitrogens is 1. The molecule has 2 aromatic carbocycles. The molecule has 29 heavy (non-hydrogen) atoms. The minimum Gasteiger partial charge on any atom is -0.465 e. The second-order valence-corrected chi connectivity index (χ2v) is 6.11. The first-order chi connectivity index (χ1) is 14.1. The third-order valence-corrected chi connectivity index (χ3v) is 4.11. The van der Waals surface area contributed by atoms with Crippen LogP contribution in [0.1, 0.15) is 36.8 Å². The zero-order chi connectivity index (χ0) is 20.6. The normalized spacial score (nSPS) is 10.1. The summed E-state index contributed by atoms with van der Waals surface area (Å²) in [5, 5.41) is 5.51. The molecule has 0 bridgehead atoms. The number of amides is 2. The Morgan fingerprint density at radius 2 is 1.59 bits per heavy atom. The molecule has 0 saturated carbocycles. The minimum atomic E-state index is -0.452. The van der Waals surface area contributed by atoms with E-state index in [9.17, 15) is 14.4 Å². The molecule has 0 unspecified atom stereocenters. The van der Waals surface area contributed by atoms with E-state index in [0.717, 1.165) is 5.69 Å². The molecular weight excluding hydrogens is 370 g/mol. The summed E-state index contributed by atoms with van der Waals surface area (Å²) in [6.45, 7) is 0.294. The van der Waals surface area contributed by atoms with Crippen LogP contribution in [0.15, 0.2) is 72.9 Å². The standard InChI is InChI=1S/C22H19N3O4/c1-29-22(28)15-8-10-18(11-9-15)25-21(27)17-6-4-5-16(13-17)20(26)24-14-19-7-2-3-12-23-19/h2-13H,14H2,1H3,(H,24,26)(H,25,27). The van der Waals surface area contributed by atoms with Gasteiger partial charge in [-0.1, -0.05) is 12.1 Å². The smallest absolute Gasteiger partial charge is 0.337 e. The van der Waals surface area contributed by atoms with Crippen LogP contribution < -0.4 is 10.6 Å². The Balaban J connectivity index is 1.64. The molecule has 7 nitrogen and oxygen atoms in total. The summed E-state index contributed by atoms with van der Waals surface area (Å²) in [6.07, 6.45) is 1.66. The van der Waals surface area contributed by atoms with E-state index >= 15 is 0 Å². The molecule has 3 aromatic rings. The summed E-state index contributed by atoms with van der Waals surface area (Å²) in [5.41, 5.74) is 2.36. The van der Waals surface area contributed by atoms with Crippen LogP contribution in [0.25, 0.3) is 0 Å². The molecule has 2 N–H and O–H groups in total. The molecule has 1 aromatic heterocycles. The Hall–Kier alpha value is -4.00. The number of hydrogen-bond donors (Lipinski definition) is 2. The molecule has 0 aliphatic carbocycles. The second kappa shape index (κ2) is 9.27. The number of anilines is 1. The predicted molar refractivity (Wildman–Crippen MR) is 108 cm³/mol. The number of benzene rings is 2. The molecule has 0 fully saturated rings. The molecule has 0 spiro atoms. The van der Waals surface area contributed by atoms with Crippen LogP contribution in [-0.2, 0) is 11.3 Å². The fraction of sp³-hybridized carbons (Fsp3) is 0.0909. The minimum absolute atomic E-state index is 0.294. The quantitative estimate of drug-likeness (QED) is 0.632. The fourth-order valence-electron chi connectivity index (χ4n) is 2.59. The van der Waals surface area contributed by atoms with E-state index in [1.54, 1.807) is 54.7 Å². The molecule has 0 radical (unpaired) electrons. The van der Waals surface area contributed by atoms with Gasteiger partial charge in [-0.2, -0.15) is 0 Å². The van der Waals surface area contributed by atoms with E-state index < -0.39 is 5.97 Å². The van der Waals surface area contributed by atoms with E-state index in [1.165, 1.54) is 13.2 Å². The molecule has 0 aliphatic rings. The van der Waals surface area contributed by atoms with Gasteiger partial charge in [-0.25, -0.2) is 4.79 Å². The Bertz CT molecular complexity index is 1020. The number of hydrogen-bond acceptors (Lipinski definition) is 5. The maximum atomic E-state index is 12.5. The lowest BCUT2D eigenvalue weighted by Gasteiger charge is -2.08. The van der Waals surface area contributed by atoms with Gasteiger partial charge in [0.15, 0.2) is 0 Å². The van der Waals surface area contributed by atoms with Crippen LogP contribution in [0.2, 0.25) is 0 Å². The Labute approximate surface area is 167 Å². The van der Waals surface area contributed by atoms with Crippen LogP contribution in [-0.4, -0.2) is 29.9 Å². The second-order valence-electron chi connectivity index (χ2n) is 6.11. The van der Waals surface area contributed by atoms with Crippen LogP contribution in [0, 0.1) is 0 Å². The first-order valence-electron chi connectivity index (χ1n) is 8.85. The van der Waals surface area contributed by atoms with Gasteiger partial charge in [0, 0.05) is 23.0 Å². The van der Waals surface area contributed by atoms with Gasteiger partial charge in [0.05, 0.1) is 24.9 Å². The third kappa shape index (κ3) is 5.26. The molecule has 0 atom stereocenters. The Morgan fingerprint density at radius 3 is 2.24 bits per heavy atom. The molecule has 1 heterocycles. The highest BCUT2D eigenvalue weighted by atomic mass is 16.5. The summed E-state index contributed by atoms with van der Waals surface area (Å²) in [7, 11) is 1.30. The van der Waals surface area contributed by atoms with Gasteiger partial charge >= 0.3 is 5.97 Å². The van der Waals surface area contributed by atoms with Gasteiger partial charge in [0.25, 0.3) is 11.8 Å². The summed E-state index contributed by atoms with van der Waals surface area (Å²) in [6, 6.07) is 18.2. The summed E-state index contributed by atoms with van der Waals surface area (Å²) < 4.78 is 4.64. The Kier molecular flexibility index (Phi) is 6.32. The zero-order valence-corrected chi connectivity index (χ0v) is 15.7. The molecular formula is C22H19N3O4. The number of esters is 1. The zero-order valence-electron chi connectivity index (χ0n) is 15.7. The van der Waals surface area contributed by atoms with Gasteiger partial charge < -0.3 is 15.4 Å². The summed E-state index contributed by atoms with van der Waals surface area (Å²) in [4.78, 5) is 40.5. The van der Waals surface area contributed by atoms with Crippen molar-refractivity contribution < 1.29 is 19.1 Å². The van der Waals surface area contributed by atoms with Crippen molar-refractivity contribution in [3.05, 3.63) is 95.3 Å². The third-order valence-electron chi connectivity index (χ3n) is 4.11. The van der Waals surface area contributed by atoms with Gasteiger partial charge in [-0.15, -0.1) is 0 Å². The van der Waals surface area contributed by atoms with Crippen LogP contribution >= 0.6 is 0 Å². The van der Waals surface area contributed by atoms with Crippen molar-refractivity contribution in [1.82, 2.24) is 10.3 Å². The highest BCUT2D eigenvalue weighted by Crippen LogP contribution is 2.13. The van der Waals surface area contributed by atoms with Crippen LogP contribution in [0.4, 0.5) is 5.69 Å². The maximum Gasteiger partial charge on any atom is 0.337 e. The number of ether oxygens (including phenoxy) is 1. The van der Waals surface area contributed by atoms with Crippen molar-refractivity contribution in [2.24, 2.45) is 0 Å². The lowest BCUT2D eigenvalue weighted by atomic mass is 10.1. The monoisotopic (exact) mass is 389 g/mol. The molecule has 2 amide bonds. The van der Waals surface area contributed by atoms with Crippen molar-refractivity contribution in [3.8, 4) is 0 Å². The molecule has 3 rings (SSSR count). The molecule has 7 heteroatoms. The largest absolute Gasteiger partial charge is 0.465 e. The lowest BCUT2D eigenvalue weighted by Crippen LogP contribution is -2.23. The van der Waals surface area contributed by atoms with Crippen molar-refractivity contribution in [1.29, 1.82) is 0 Å².